The van der Waals surface area contributed by atoms with Crippen LogP contribution in [0.5, 0.6) is 11.5 Å². The second kappa shape index (κ2) is 11.7. The number of halogens is 1. The molecule has 32 heavy (non-hydrogen) atoms. The molecule has 1 heterocycles. The molecule has 1 aromatic rings. The maximum atomic E-state index is 5.59. The van der Waals surface area contributed by atoms with Crippen LogP contribution < -0.4 is 20.1 Å². The molecule has 7 nitrogen and oxygen atoms in total. The lowest BCUT2D eigenvalue weighted by Gasteiger charge is -2.43. The fourth-order valence-corrected chi connectivity index (χ4v) is 5.14. The molecule has 2 N–H and O–H groups in total. The lowest BCUT2D eigenvalue weighted by molar-refractivity contribution is 0.0169. The molecule has 2 aliphatic carbocycles. The molecule has 4 rings (SSSR count). The Kier molecular flexibility index (Phi) is 9.31. The van der Waals surface area contributed by atoms with Crippen molar-refractivity contribution in [2.24, 2.45) is 16.3 Å². The molecule has 2 saturated carbocycles. The van der Waals surface area contributed by atoms with E-state index in [1.807, 2.05) is 13.1 Å². The van der Waals surface area contributed by atoms with Crippen molar-refractivity contribution in [2.45, 2.75) is 38.1 Å². The van der Waals surface area contributed by atoms with Gasteiger partial charge in [0.05, 0.1) is 33.5 Å². The van der Waals surface area contributed by atoms with Crippen molar-refractivity contribution in [3.63, 3.8) is 0 Å². The number of aliphatic imine (C=N–C) groups is 1. The quantitative estimate of drug-likeness (QED) is 0.275. The number of benzene rings is 1. The molecule has 0 amide bonds. The van der Waals surface area contributed by atoms with Gasteiger partial charge in [-0.25, -0.2) is 0 Å². The molecule has 1 saturated heterocycles. The molecule has 8 heteroatoms. The fourth-order valence-electron chi connectivity index (χ4n) is 5.14. The highest BCUT2D eigenvalue weighted by Crippen LogP contribution is 2.56. The van der Waals surface area contributed by atoms with Crippen molar-refractivity contribution in [1.82, 2.24) is 15.5 Å². The standard InChI is InChI=1S/C24H38N4O3.HI/c1-25-23(27-17-24(9-4-10-24)19-6-7-19)26-16-20(28-11-13-31-14-12-28)18-5-8-21(29-2)22(15-18)30-3;/h5,8,15,19-20H,4,6-7,9-14,16-17H2,1-3H3,(H2,25,26,27);1H. The lowest BCUT2D eigenvalue weighted by atomic mass is 9.65. The summed E-state index contributed by atoms with van der Waals surface area (Å²) in [6, 6.07) is 6.41. The molecule has 3 aliphatic rings. The Morgan fingerprint density at radius 1 is 1.16 bits per heavy atom. The van der Waals surface area contributed by atoms with Gasteiger partial charge in [-0.2, -0.15) is 0 Å². The van der Waals surface area contributed by atoms with Gasteiger partial charge < -0.3 is 24.8 Å². The summed E-state index contributed by atoms with van der Waals surface area (Å²) in [7, 11) is 5.22. The molecule has 0 bridgehead atoms. The van der Waals surface area contributed by atoms with Crippen LogP contribution in [0, 0.1) is 11.3 Å². The summed E-state index contributed by atoms with van der Waals surface area (Å²) in [5.74, 6) is 3.34. The topological polar surface area (TPSA) is 67.4 Å². The van der Waals surface area contributed by atoms with E-state index in [-0.39, 0.29) is 30.0 Å². The Morgan fingerprint density at radius 2 is 1.88 bits per heavy atom. The van der Waals surface area contributed by atoms with E-state index in [1.54, 1.807) is 14.2 Å². The van der Waals surface area contributed by atoms with Gasteiger partial charge in [0.15, 0.2) is 17.5 Å². The monoisotopic (exact) mass is 558 g/mol. The van der Waals surface area contributed by atoms with E-state index in [0.717, 1.165) is 62.8 Å². The van der Waals surface area contributed by atoms with Gasteiger partial charge in [0.25, 0.3) is 0 Å². The van der Waals surface area contributed by atoms with Gasteiger partial charge in [-0.3, -0.25) is 9.89 Å². The van der Waals surface area contributed by atoms with Crippen LogP contribution in [0.25, 0.3) is 0 Å². The number of guanidine groups is 1. The Labute approximate surface area is 209 Å². The molecule has 1 aromatic carbocycles. The van der Waals surface area contributed by atoms with Crippen molar-refractivity contribution < 1.29 is 14.2 Å². The van der Waals surface area contributed by atoms with Crippen LogP contribution in [0.4, 0.5) is 0 Å². The van der Waals surface area contributed by atoms with Crippen molar-refractivity contribution in [1.29, 1.82) is 0 Å². The van der Waals surface area contributed by atoms with Crippen molar-refractivity contribution in [3.05, 3.63) is 23.8 Å². The minimum Gasteiger partial charge on any atom is -0.493 e. The zero-order valence-corrected chi connectivity index (χ0v) is 22.0. The third-order valence-corrected chi connectivity index (χ3v) is 7.37. The number of ether oxygens (including phenoxy) is 3. The minimum absolute atomic E-state index is 0. The highest BCUT2D eigenvalue weighted by Gasteiger charge is 2.48. The SMILES string of the molecule is CN=C(NCC(c1ccc(OC)c(OC)c1)N1CCOCC1)NCC1(C2CC2)CCC1.I. The Balaban J connectivity index is 0.00000289. The predicted molar refractivity (Wildman–Crippen MR) is 138 cm³/mol. The molecule has 1 aliphatic heterocycles. The molecule has 0 aromatic heterocycles. The maximum absolute atomic E-state index is 5.59. The smallest absolute Gasteiger partial charge is 0.191 e. The zero-order valence-electron chi connectivity index (χ0n) is 19.7. The third-order valence-electron chi connectivity index (χ3n) is 7.37. The summed E-state index contributed by atoms with van der Waals surface area (Å²) < 4.78 is 16.6. The summed E-state index contributed by atoms with van der Waals surface area (Å²) in [6.07, 6.45) is 6.92. The number of nitrogens with one attached hydrogen (secondary N) is 2. The van der Waals surface area contributed by atoms with Crippen LogP contribution in [-0.4, -0.2) is 71.5 Å². The second-order valence-electron chi connectivity index (χ2n) is 9.08. The molecule has 0 spiro atoms. The van der Waals surface area contributed by atoms with Crippen LogP contribution >= 0.6 is 24.0 Å². The molecule has 3 fully saturated rings. The van der Waals surface area contributed by atoms with E-state index in [0.29, 0.717) is 5.41 Å². The molecule has 180 valence electrons. The zero-order chi connectivity index (χ0) is 21.7. The number of hydrogen-bond acceptors (Lipinski definition) is 5. The highest BCUT2D eigenvalue weighted by atomic mass is 127. The van der Waals surface area contributed by atoms with Crippen LogP contribution in [0.2, 0.25) is 0 Å². The van der Waals surface area contributed by atoms with Gasteiger partial charge >= 0.3 is 0 Å². The average molecular weight is 559 g/mol. The lowest BCUT2D eigenvalue weighted by Crippen LogP contribution is -2.50. The maximum Gasteiger partial charge on any atom is 0.191 e. The van der Waals surface area contributed by atoms with Gasteiger partial charge in [-0.1, -0.05) is 12.5 Å². The van der Waals surface area contributed by atoms with Crippen molar-refractivity contribution in [2.75, 3.05) is 60.7 Å². The van der Waals surface area contributed by atoms with Crippen molar-refractivity contribution >= 4 is 29.9 Å². The summed E-state index contributed by atoms with van der Waals surface area (Å²) >= 11 is 0. The van der Waals surface area contributed by atoms with Gasteiger partial charge in [0.1, 0.15) is 0 Å². The van der Waals surface area contributed by atoms with E-state index in [4.69, 9.17) is 14.2 Å². The largest absolute Gasteiger partial charge is 0.493 e. The molecule has 1 unspecified atom stereocenters. The number of hydrogen-bond donors (Lipinski definition) is 2. The van der Waals surface area contributed by atoms with Gasteiger partial charge in [-0.15, -0.1) is 24.0 Å². The molecule has 0 radical (unpaired) electrons. The van der Waals surface area contributed by atoms with Gasteiger partial charge in [0.2, 0.25) is 0 Å². The van der Waals surface area contributed by atoms with E-state index >= 15 is 0 Å². The van der Waals surface area contributed by atoms with Crippen LogP contribution in [0.1, 0.15) is 43.7 Å². The first kappa shape index (κ1) is 25.4. The Hall–Kier alpha value is -1.26. The minimum atomic E-state index is 0. The summed E-state index contributed by atoms with van der Waals surface area (Å²) in [5, 5.41) is 7.23. The summed E-state index contributed by atoms with van der Waals surface area (Å²) in [5.41, 5.74) is 1.72. The molecular formula is C24H39IN4O3. The number of rotatable bonds is 9. The van der Waals surface area contributed by atoms with Crippen LogP contribution in [0.15, 0.2) is 23.2 Å². The summed E-state index contributed by atoms with van der Waals surface area (Å²) in [6.45, 7) is 5.16. The Bertz CT molecular complexity index is 762. The van der Waals surface area contributed by atoms with Crippen molar-refractivity contribution in [3.8, 4) is 11.5 Å². The fraction of sp³-hybridized carbons (Fsp3) is 0.708. The van der Waals surface area contributed by atoms with Gasteiger partial charge in [-0.05, 0) is 54.7 Å². The van der Waals surface area contributed by atoms with E-state index < -0.39 is 0 Å². The second-order valence-corrected chi connectivity index (χ2v) is 9.08. The van der Waals surface area contributed by atoms with Crippen LogP contribution in [0.3, 0.4) is 0 Å². The third kappa shape index (κ3) is 5.80. The number of morpholine rings is 1. The Morgan fingerprint density at radius 3 is 2.44 bits per heavy atom. The molecular weight excluding hydrogens is 519 g/mol. The predicted octanol–water partition coefficient (Wildman–Crippen LogP) is 3.44. The molecule has 1 atom stereocenters. The van der Waals surface area contributed by atoms with Gasteiger partial charge in [0, 0.05) is 33.2 Å². The average Bonchev–Trinajstić information content (AvgIpc) is 3.63. The van der Waals surface area contributed by atoms with E-state index in [2.05, 4.69) is 32.7 Å². The van der Waals surface area contributed by atoms with E-state index in [9.17, 15) is 0 Å². The number of methoxy groups -OCH3 is 2. The first-order valence-electron chi connectivity index (χ1n) is 11.7. The number of nitrogens with zero attached hydrogens (tertiary/aromatic N) is 2. The highest BCUT2D eigenvalue weighted by molar-refractivity contribution is 14.0. The first-order valence-corrected chi connectivity index (χ1v) is 11.7. The normalized spacial score (nSPS) is 21.7. The van der Waals surface area contributed by atoms with E-state index in [1.165, 1.54) is 37.7 Å². The first-order chi connectivity index (χ1) is 15.2. The van der Waals surface area contributed by atoms with Crippen LogP contribution in [-0.2, 0) is 4.74 Å². The summed E-state index contributed by atoms with van der Waals surface area (Å²) in [4.78, 5) is 6.98.